The number of hydrogen-bond donors (Lipinski definition) is 2. The van der Waals surface area contributed by atoms with Crippen LogP contribution in [0.5, 0.6) is 0 Å². The number of benzene rings is 1. The summed E-state index contributed by atoms with van der Waals surface area (Å²) in [7, 11) is 0. The molecule has 88 valence electrons. The lowest BCUT2D eigenvalue weighted by Gasteiger charge is -2.01. The fraction of sp³-hybridized carbons (Fsp3) is 0.167. The molecule has 2 N–H and O–H groups in total. The second kappa shape index (κ2) is 4.37. The quantitative estimate of drug-likeness (QED) is 0.855. The Kier molecular flexibility index (Phi) is 2.91. The lowest BCUT2D eigenvalue weighted by molar-refractivity contribution is -0.136. The summed E-state index contributed by atoms with van der Waals surface area (Å²) in [5.41, 5.74) is 2.60. The van der Waals surface area contributed by atoms with E-state index >= 15 is 0 Å². The summed E-state index contributed by atoms with van der Waals surface area (Å²) in [5.74, 6) is -1.25. The molecule has 0 fully saturated rings. The highest BCUT2D eigenvalue weighted by Crippen LogP contribution is 2.24. The topological polar surface area (TPSA) is 66.0 Å². The predicted octanol–water partition coefficient (Wildman–Crippen LogP) is 2.15. The summed E-state index contributed by atoms with van der Waals surface area (Å²) in [6.07, 6.45) is -0.102. The van der Waals surface area contributed by atoms with Crippen LogP contribution in [0.1, 0.15) is 11.3 Å². The molecule has 0 aliphatic carbocycles. The molecule has 4 nitrogen and oxygen atoms in total. The van der Waals surface area contributed by atoms with Crippen LogP contribution in [0.3, 0.4) is 0 Å². The summed E-state index contributed by atoms with van der Waals surface area (Å²) in [5, 5.41) is 15.6. The van der Waals surface area contributed by atoms with Gasteiger partial charge in [-0.3, -0.25) is 9.89 Å². The molecule has 2 rings (SSSR count). The zero-order chi connectivity index (χ0) is 12.4. The Morgan fingerprint density at radius 1 is 1.41 bits per heavy atom. The minimum absolute atomic E-state index is 0.102. The van der Waals surface area contributed by atoms with Gasteiger partial charge in [0.1, 0.15) is 5.82 Å². The predicted molar refractivity (Wildman–Crippen MR) is 60.1 cm³/mol. The molecule has 0 atom stereocenters. The molecule has 0 saturated heterocycles. The average Bonchev–Trinajstić information content (AvgIpc) is 2.61. The molecule has 0 bridgehead atoms. The fourth-order valence-electron chi connectivity index (χ4n) is 1.67. The number of aromatic nitrogens is 2. The van der Waals surface area contributed by atoms with Gasteiger partial charge >= 0.3 is 5.97 Å². The summed E-state index contributed by atoms with van der Waals surface area (Å²) in [6, 6.07) is 5.81. The van der Waals surface area contributed by atoms with E-state index in [2.05, 4.69) is 10.2 Å². The number of aliphatic carboxylic acids is 1. The third-order valence-electron chi connectivity index (χ3n) is 2.52. The number of carboxylic acids is 1. The minimum atomic E-state index is -0.919. The normalized spacial score (nSPS) is 10.5. The van der Waals surface area contributed by atoms with E-state index < -0.39 is 5.97 Å². The Balaban J connectivity index is 2.45. The molecule has 1 aromatic carbocycles. The third kappa shape index (κ3) is 2.33. The largest absolute Gasteiger partial charge is 0.481 e. The monoisotopic (exact) mass is 234 g/mol. The van der Waals surface area contributed by atoms with Crippen molar-refractivity contribution in [3.63, 3.8) is 0 Å². The molecule has 0 aliphatic rings. The molecule has 2 aromatic rings. The van der Waals surface area contributed by atoms with E-state index in [-0.39, 0.29) is 12.2 Å². The lowest BCUT2D eigenvalue weighted by atomic mass is 10.0. The molecular formula is C12H11FN2O2. The maximum Gasteiger partial charge on any atom is 0.307 e. The van der Waals surface area contributed by atoms with Crippen molar-refractivity contribution in [2.75, 3.05) is 0 Å². The number of aryl methyl sites for hydroxylation is 1. The minimum Gasteiger partial charge on any atom is -0.481 e. The number of carboxylic acid groups (broad SMARTS) is 1. The number of carbonyl (C=O) groups is 1. The third-order valence-corrected chi connectivity index (χ3v) is 2.52. The number of rotatable bonds is 3. The van der Waals surface area contributed by atoms with Crippen LogP contribution >= 0.6 is 0 Å². The van der Waals surface area contributed by atoms with Crippen molar-refractivity contribution in [3.8, 4) is 11.3 Å². The number of H-pyrrole nitrogens is 1. The number of nitrogens with one attached hydrogen (secondary N) is 1. The van der Waals surface area contributed by atoms with Crippen LogP contribution < -0.4 is 0 Å². The standard InChI is InChI=1S/C12H11FN2O2/c1-7-10(6-11(16)17)12(15-14-7)8-2-4-9(13)5-3-8/h2-5H,6H2,1H3,(H,14,15)(H,16,17). The highest BCUT2D eigenvalue weighted by atomic mass is 19.1. The van der Waals surface area contributed by atoms with Crippen molar-refractivity contribution in [3.05, 3.63) is 41.3 Å². The first-order valence-electron chi connectivity index (χ1n) is 5.09. The zero-order valence-electron chi connectivity index (χ0n) is 9.20. The van der Waals surface area contributed by atoms with E-state index in [0.29, 0.717) is 22.5 Å². The van der Waals surface area contributed by atoms with Gasteiger partial charge in [0.2, 0.25) is 0 Å². The lowest BCUT2D eigenvalue weighted by Crippen LogP contribution is -2.02. The highest BCUT2D eigenvalue weighted by Gasteiger charge is 2.14. The second-order valence-corrected chi connectivity index (χ2v) is 3.75. The van der Waals surface area contributed by atoms with Crippen molar-refractivity contribution in [2.45, 2.75) is 13.3 Å². The van der Waals surface area contributed by atoms with Gasteiger partial charge in [-0.1, -0.05) is 0 Å². The SMILES string of the molecule is Cc1[nH]nc(-c2ccc(F)cc2)c1CC(=O)O. The van der Waals surface area contributed by atoms with Crippen LogP contribution in [0.15, 0.2) is 24.3 Å². The van der Waals surface area contributed by atoms with E-state index in [4.69, 9.17) is 5.11 Å². The van der Waals surface area contributed by atoms with Gasteiger partial charge in [-0.25, -0.2) is 4.39 Å². The number of nitrogens with zero attached hydrogens (tertiary/aromatic N) is 1. The number of halogens is 1. The van der Waals surface area contributed by atoms with E-state index in [1.54, 1.807) is 19.1 Å². The van der Waals surface area contributed by atoms with Crippen LogP contribution in [0, 0.1) is 12.7 Å². The first kappa shape index (κ1) is 11.3. The van der Waals surface area contributed by atoms with Crippen LogP contribution in [-0.2, 0) is 11.2 Å². The molecule has 5 heteroatoms. The summed E-state index contributed by atoms with van der Waals surface area (Å²) in [4.78, 5) is 10.8. The summed E-state index contributed by atoms with van der Waals surface area (Å²) < 4.78 is 12.8. The van der Waals surface area contributed by atoms with Crippen molar-refractivity contribution in [2.24, 2.45) is 0 Å². The average molecular weight is 234 g/mol. The van der Waals surface area contributed by atoms with Gasteiger partial charge in [0.15, 0.2) is 0 Å². The molecular weight excluding hydrogens is 223 g/mol. The smallest absolute Gasteiger partial charge is 0.307 e. The maximum atomic E-state index is 12.8. The Hall–Kier alpha value is -2.17. The maximum absolute atomic E-state index is 12.8. The van der Waals surface area contributed by atoms with Crippen LogP contribution in [0.4, 0.5) is 4.39 Å². The van der Waals surface area contributed by atoms with Gasteiger partial charge in [0.05, 0.1) is 12.1 Å². The van der Waals surface area contributed by atoms with Crippen LogP contribution in [0.25, 0.3) is 11.3 Å². The highest BCUT2D eigenvalue weighted by molar-refractivity contribution is 5.75. The molecule has 0 saturated carbocycles. The molecule has 0 radical (unpaired) electrons. The molecule has 0 amide bonds. The van der Waals surface area contributed by atoms with E-state index in [1.807, 2.05) is 0 Å². The number of hydrogen-bond acceptors (Lipinski definition) is 2. The molecule has 0 unspecified atom stereocenters. The summed E-state index contributed by atoms with van der Waals surface area (Å²) >= 11 is 0. The van der Waals surface area contributed by atoms with E-state index in [1.165, 1.54) is 12.1 Å². The Morgan fingerprint density at radius 2 is 2.06 bits per heavy atom. The number of aromatic amines is 1. The molecule has 1 heterocycles. The van der Waals surface area contributed by atoms with Crippen molar-refractivity contribution in [1.82, 2.24) is 10.2 Å². The Morgan fingerprint density at radius 3 is 2.65 bits per heavy atom. The van der Waals surface area contributed by atoms with Crippen molar-refractivity contribution >= 4 is 5.97 Å². The Labute approximate surface area is 97.1 Å². The van der Waals surface area contributed by atoms with Crippen molar-refractivity contribution < 1.29 is 14.3 Å². The molecule has 0 spiro atoms. The Bertz CT molecular complexity index is 546. The van der Waals surface area contributed by atoms with Gasteiger partial charge in [-0.15, -0.1) is 0 Å². The molecule has 0 aliphatic heterocycles. The van der Waals surface area contributed by atoms with Gasteiger partial charge < -0.3 is 5.11 Å². The molecule has 1 aromatic heterocycles. The van der Waals surface area contributed by atoms with Gasteiger partial charge in [-0.05, 0) is 31.2 Å². The molecule has 17 heavy (non-hydrogen) atoms. The van der Waals surface area contributed by atoms with Crippen LogP contribution in [0.2, 0.25) is 0 Å². The van der Waals surface area contributed by atoms with Crippen LogP contribution in [-0.4, -0.2) is 21.3 Å². The van der Waals surface area contributed by atoms with Crippen molar-refractivity contribution in [1.29, 1.82) is 0 Å². The zero-order valence-corrected chi connectivity index (χ0v) is 9.20. The second-order valence-electron chi connectivity index (χ2n) is 3.75. The van der Waals surface area contributed by atoms with Gasteiger partial charge in [0.25, 0.3) is 0 Å². The first-order valence-corrected chi connectivity index (χ1v) is 5.09. The van der Waals surface area contributed by atoms with E-state index in [0.717, 1.165) is 0 Å². The first-order chi connectivity index (χ1) is 8.08. The fourth-order valence-corrected chi connectivity index (χ4v) is 1.67. The van der Waals surface area contributed by atoms with E-state index in [9.17, 15) is 9.18 Å². The van der Waals surface area contributed by atoms with Gasteiger partial charge in [0, 0.05) is 16.8 Å². The van der Waals surface area contributed by atoms with Gasteiger partial charge in [-0.2, -0.15) is 5.10 Å². The summed E-state index contributed by atoms with van der Waals surface area (Å²) in [6.45, 7) is 1.76.